The molecule has 2 aromatic heterocycles. The maximum absolute atomic E-state index is 12.4. The number of anilines is 1. The van der Waals surface area contributed by atoms with Crippen molar-refractivity contribution in [3.63, 3.8) is 0 Å². The van der Waals surface area contributed by atoms with Crippen molar-refractivity contribution in [2.45, 2.75) is 5.22 Å². The summed E-state index contributed by atoms with van der Waals surface area (Å²) < 4.78 is 5.77. The van der Waals surface area contributed by atoms with Gasteiger partial charge in [0, 0.05) is 28.6 Å². The normalized spacial score (nSPS) is 10.9. The largest absolute Gasteiger partial charge is 0.411 e. The van der Waals surface area contributed by atoms with Crippen LogP contribution in [0.3, 0.4) is 0 Å². The second-order valence-electron chi connectivity index (χ2n) is 7.08. The van der Waals surface area contributed by atoms with E-state index in [2.05, 4.69) is 20.5 Å². The Labute approximate surface area is 201 Å². The lowest BCUT2D eigenvalue weighted by Crippen LogP contribution is -2.13. The van der Waals surface area contributed by atoms with Crippen molar-refractivity contribution in [3.05, 3.63) is 82.2 Å². The number of hydrogen-bond acceptors (Lipinski definition) is 9. The van der Waals surface area contributed by atoms with Crippen LogP contribution in [-0.2, 0) is 4.79 Å². The van der Waals surface area contributed by atoms with Crippen molar-refractivity contribution in [2.75, 3.05) is 11.1 Å². The summed E-state index contributed by atoms with van der Waals surface area (Å²) in [5, 5.41) is 26.3. The second kappa shape index (κ2) is 9.41. The third-order valence-electron chi connectivity index (χ3n) is 4.88. The molecule has 34 heavy (non-hydrogen) atoms. The molecular weight excluding hydrogens is 474 g/mol. The first-order valence-electron chi connectivity index (χ1n) is 10.0. The van der Waals surface area contributed by atoms with Gasteiger partial charge in [-0.1, -0.05) is 48.2 Å². The number of hydrogen-bond donors (Lipinski definition) is 1. The molecule has 0 spiro atoms. The Balaban J connectivity index is 1.20. The van der Waals surface area contributed by atoms with E-state index in [0.717, 1.165) is 33.7 Å². The molecule has 0 aliphatic carbocycles. The summed E-state index contributed by atoms with van der Waals surface area (Å²) in [7, 11) is 0. The molecule has 0 fully saturated rings. The third-order valence-corrected chi connectivity index (χ3v) is 6.45. The third kappa shape index (κ3) is 4.65. The molecule has 0 unspecified atom stereocenters. The lowest BCUT2D eigenvalue weighted by atomic mass is 10.0. The topological polar surface area (TPSA) is 124 Å². The number of rotatable bonds is 7. The zero-order valence-electron chi connectivity index (χ0n) is 17.4. The lowest BCUT2D eigenvalue weighted by molar-refractivity contribution is -0.384. The highest BCUT2D eigenvalue weighted by atomic mass is 32.2. The molecule has 0 bridgehead atoms. The smallest absolute Gasteiger partial charge is 0.277 e. The molecule has 0 saturated carbocycles. The minimum absolute atomic E-state index is 0.00849. The number of thiazole rings is 1. The van der Waals surface area contributed by atoms with E-state index in [-0.39, 0.29) is 17.3 Å². The van der Waals surface area contributed by atoms with Crippen molar-refractivity contribution in [3.8, 4) is 22.7 Å². The Morgan fingerprint density at radius 1 is 1.06 bits per heavy atom. The molecule has 0 aliphatic rings. The molecule has 0 aliphatic heterocycles. The Morgan fingerprint density at radius 2 is 1.85 bits per heavy atom. The number of nitro benzene ring substituents is 1. The molecule has 3 aromatic carbocycles. The molecule has 9 nitrogen and oxygen atoms in total. The van der Waals surface area contributed by atoms with Crippen LogP contribution in [0.15, 0.2) is 81.8 Å². The van der Waals surface area contributed by atoms with Gasteiger partial charge in [0.15, 0.2) is 5.13 Å². The van der Waals surface area contributed by atoms with E-state index in [4.69, 9.17) is 4.42 Å². The van der Waals surface area contributed by atoms with E-state index in [1.807, 2.05) is 42.5 Å². The maximum Gasteiger partial charge on any atom is 0.277 e. The molecular formula is C23H15N5O4S2. The average molecular weight is 490 g/mol. The second-order valence-corrected chi connectivity index (χ2v) is 8.86. The summed E-state index contributed by atoms with van der Waals surface area (Å²) in [6, 6.07) is 19.9. The predicted molar refractivity (Wildman–Crippen MR) is 131 cm³/mol. The fraction of sp³-hybridized carbons (Fsp3) is 0.0435. The summed E-state index contributed by atoms with van der Waals surface area (Å²) in [6.07, 6.45) is 0. The van der Waals surface area contributed by atoms with Gasteiger partial charge in [0.05, 0.1) is 16.4 Å². The maximum atomic E-state index is 12.4. The van der Waals surface area contributed by atoms with Crippen molar-refractivity contribution >= 4 is 50.6 Å². The van der Waals surface area contributed by atoms with Crippen LogP contribution in [0.1, 0.15) is 0 Å². The summed E-state index contributed by atoms with van der Waals surface area (Å²) in [6.45, 7) is 0. The lowest BCUT2D eigenvalue weighted by Gasteiger charge is -2.02. The summed E-state index contributed by atoms with van der Waals surface area (Å²) in [5.74, 6) is 0.204. The number of benzene rings is 3. The van der Waals surface area contributed by atoms with Gasteiger partial charge in [-0.25, -0.2) is 4.98 Å². The number of amides is 1. The number of thioether (sulfide) groups is 1. The van der Waals surface area contributed by atoms with Gasteiger partial charge in [0.25, 0.3) is 10.9 Å². The minimum atomic E-state index is -0.456. The molecule has 0 saturated heterocycles. The van der Waals surface area contributed by atoms with Crippen molar-refractivity contribution in [1.82, 2.24) is 15.2 Å². The Bertz CT molecular complexity index is 1490. The minimum Gasteiger partial charge on any atom is -0.411 e. The predicted octanol–water partition coefficient (Wildman–Crippen LogP) is 5.65. The molecule has 2 heterocycles. The summed E-state index contributed by atoms with van der Waals surface area (Å²) >= 11 is 2.41. The Kier molecular flexibility index (Phi) is 6.02. The highest BCUT2D eigenvalue weighted by Gasteiger charge is 2.15. The van der Waals surface area contributed by atoms with Crippen LogP contribution in [0.4, 0.5) is 10.8 Å². The Morgan fingerprint density at radius 3 is 2.68 bits per heavy atom. The van der Waals surface area contributed by atoms with Gasteiger partial charge in [-0.3, -0.25) is 14.9 Å². The van der Waals surface area contributed by atoms with Crippen molar-refractivity contribution in [1.29, 1.82) is 0 Å². The van der Waals surface area contributed by atoms with Crippen molar-refractivity contribution in [2.24, 2.45) is 0 Å². The first kappa shape index (κ1) is 21.7. The van der Waals surface area contributed by atoms with Crippen LogP contribution in [0.2, 0.25) is 0 Å². The standard InChI is InChI=1S/C23H15N5O4S2/c29-20(25-22-24-19(12-33-22)15-8-10-16(11-9-15)28(30)31)13-34-23-27-26-21(32-23)18-7-3-5-14-4-1-2-6-17(14)18/h1-12H,13H2,(H,24,25,29). The summed E-state index contributed by atoms with van der Waals surface area (Å²) in [5.41, 5.74) is 2.20. The van der Waals surface area contributed by atoms with Gasteiger partial charge >= 0.3 is 0 Å². The van der Waals surface area contributed by atoms with E-state index in [1.165, 1.54) is 23.5 Å². The van der Waals surface area contributed by atoms with Gasteiger partial charge in [0.2, 0.25) is 11.8 Å². The zero-order valence-corrected chi connectivity index (χ0v) is 19.0. The number of carbonyl (C=O) groups is 1. The quantitative estimate of drug-likeness (QED) is 0.177. The van der Waals surface area contributed by atoms with Gasteiger partial charge in [-0.15, -0.1) is 21.5 Å². The van der Waals surface area contributed by atoms with E-state index in [1.54, 1.807) is 17.5 Å². The van der Waals surface area contributed by atoms with Crippen LogP contribution < -0.4 is 5.32 Å². The number of nitrogens with one attached hydrogen (secondary N) is 1. The number of fused-ring (bicyclic) bond motifs is 1. The van der Waals surface area contributed by atoms with Gasteiger partial charge in [-0.05, 0) is 29.0 Å². The molecule has 0 radical (unpaired) electrons. The van der Waals surface area contributed by atoms with Crippen LogP contribution in [0, 0.1) is 10.1 Å². The first-order chi connectivity index (χ1) is 16.6. The molecule has 5 rings (SSSR count). The molecule has 1 N–H and O–H groups in total. The molecule has 11 heteroatoms. The average Bonchev–Trinajstić information content (AvgIpc) is 3.52. The number of nitro groups is 1. The fourth-order valence-electron chi connectivity index (χ4n) is 3.29. The van der Waals surface area contributed by atoms with Crippen molar-refractivity contribution < 1.29 is 14.1 Å². The zero-order chi connectivity index (χ0) is 23.5. The fourth-order valence-corrected chi connectivity index (χ4v) is 4.59. The number of carbonyl (C=O) groups excluding carboxylic acids is 1. The SMILES string of the molecule is O=C(CSc1nnc(-c2cccc3ccccc23)o1)Nc1nc(-c2ccc([N+](=O)[O-])cc2)cs1. The van der Waals surface area contributed by atoms with E-state index in [0.29, 0.717) is 21.9 Å². The molecule has 1 amide bonds. The van der Waals surface area contributed by atoms with Crippen LogP contribution in [-0.4, -0.2) is 31.8 Å². The van der Waals surface area contributed by atoms with Crippen LogP contribution in [0.5, 0.6) is 0 Å². The molecule has 0 atom stereocenters. The van der Waals surface area contributed by atoms with E-state index in [9.17, 15) is 14.9 Å². The van der Waals surface area contributed by atoms with Gasteiger partial charge < -0.3 is 9.73 Å². The van der Waals surface area contributed by atoms with Crippen LogP contribution >= 0.6 is 23.1 Å². The number of aromatic nitrogens is 3. The molecule has 168 valence electrons. The highest BCUT2D eigenvalue weighted by molar-refractivity contribution is 7.99. The highest BCUT2D eigenvalue weighted by Crippen LogP contribution is 2.30. The number of non-ortho nitro benzene ring substituents is 1. The van der Waals surface area contributed by atoms with Gasteiger partial charge in [-0.2, -0.15) is 0 Å². The van der Waals surface area contributed by atoms with Crippen LogP contribution in [0.25, 0.3) is 33.5 Å². The number of nitrogens with zero attached hydrogens (tertiary/aromatic N) is 4. The first-order valence-corrected chi connectivity index (χ1v) is 11.9. The monoisotopic (exact) mass is 489 g/mol. The summed E-state index contributed by atoms with van der Waals surface area (Å²) in [4.78, 5) is 27.1. The van der Waals surface area contributed by atoms with E-state index < -0.39 is 4.92 Å². The molecule has 5 aromatic rings. The van der Waals surface area contributed by atoms with E-state index >= 15 is 0 Å². The Hall–Kier alpha value is -4.09. The van der Waals surface area contributed by atoms with Gasteiger partial charge in [0.1, 0.15) is 0 Å².